The molecule has 5 heteroatoms. The molecule has 0 rings (SSSR count). The first kappa shape index (κ1) is 16.2. The molecule has 0 saturated carbocycles. The van der Waals surface area contributed by atoms with Gasteiger partial charge in [-0.3, -0.25) is 0 Å². The van der Waals surface area contributed by atoms with E-state index in [1.54, 1.807) is 5.70 Å². The van der Waals surface area contributed by atoms with E-state index in [-0.39, 0.29) is 0 Å². The molecule has 0 aromatic carbocycles. The van der Waals surface area contributed by atoms with Crippen LogP contribution in [0.3, 0.4) is 0 Å². The molecule has 86 valence electrons. The quantitative estimate of drug-likeness (QED) is 0.661. The van der Waals surface area contributed by atoms with Crippen molar-refractivity contribution >= 4 is 8.80 Å². The molecule has 4 nitrogen and oxygen atoms in total. The van der Waals surface area contributed by atoms with E-state index in [0.717, 1.165) is 7.11 Å². The molecule has 0 atom stereocenters. The summed E-state index contributed by atoms with van der Waals surface area (Å²) >= 11 is 0. The summed E-state index contributed by atoms with van der Waals surface area (Å²) in [4.78, 5) is 0. The van der Waals surface area contributed by atoms with Crippen LogP contribution >= 0.6 is 0 Å². The molecule has 0 aliphatic carbocycles. The number of rotatable bonds is 7. The molecule has 0 amide bonds. The molecule has 0 aliphatic heterocycles. The van der Waals surface area contributed by atoms with Crippen LogP contribution in [0, 0.1) is 0 Å². The van der Waals surface area contributed by atoms with Gasteiger partial charge in [0, 0.05) is 26.9 Å². The molecular formula is C9H22O4Si. The van der Waals surface area contributed by atoms with Gasteiger partial charge in [0.15, 0.2) is 0 Å². The SMILES string of the molecule is C=C[Si](OCC)(OCC)OCC.CO. The van der Waals surface area contributed by atoms with Crippen molar-refractivity contribution in [3.8, 4) is 0 Å². The largest absolute Gasteiger partial charge is 0.528 e. The van der Waals surface area contributed by atoms with Crippen molar-refractivity contribution in [3.05, 3.63) is 12.3 Å². The molecule has 0 radical (unpaired) electrons. The highest BCUT2D eigenvalue weighted by atomic mass is 28.4. The van der Waals surface area contributed by atoms with Gasteiger partial charge in [-0.25, -0.2) is 0 Å². The summed E-state index contributed by atoms with van der Waals surface area (Å²) in [5.74, 6) is 0. The number of aliphatic hydroxyl groups is 1. The molecule has 0 heterocycles. The highest BCUT2D eigenvalue weighted by Crippen LogP contribution is 2.10. The zero-order chi connectivity index (χ0) is 11.4. The lowest BCUT2D eigenvalue weighted by atomic mass is 10.9. The van der Waals surface area contributed by atoms with Crippen LogP contribution in [-0.4, -0.2) is 40.8 Å². The molecule has 0 bridgehead atoms. The lowest BCUT2D eigenvalue weighted by Crippen LogP contribution is -2.44. The highest BCUT2D eigenvalue weighted by Gasteiger charge is 2.36. The van der Waals surface area contributed by atoms with Gasteiger partial charge in [-0.1, -0.05) is 6.58 Å². The summed E-state index contributed by atoms with van der Waals surface area (Å²) in [6, 6.07) is 0. The maximum absolute atomic E-state index is 7.00. The zero-order valence-corrected chi connectivity index (χ0v) is 10.6. The first-order valence-corrected chi connectivity index (χ1v) is 6.55. The van der Waals surface area contributed by atoms with Gasteiger partial charge in [-0.2, -0.15) is 0 Å². The average Bonchev–Trinajstić information content (AvgIpc) is 2.22. The Bertz CT molecular complexity index is 113. The van der Waals surface area contributed by atoms with E-state index in [2.05, 4.69) is 6.58 Å². The van der Waals surface area contributed by atoms with Crippen LogP contribution in [0.15, 0.2) is 12.3 Å². The van der Waals surface area contributed by atoms with Crippen molar-refractivity contribution in [1.29, 1.82) is 0 Å². The van der Waals surface area contributed by atoms with Gasteiger partial charge in [0.25, 0.3) is 0 Å². The average molecular weight is 222 g/mol. The fourth-order valence-electron chi connectivity index (χ4n) is 0.905. The van der Waals surface area contributed by atoms with Crippen LogP contribution in [-0.2, 0) is 13.3 Å². The molecule has 0 saturated heterocycles. The van der Waals surface area contributed by atoms with E-state index in [1.165, 1.54) is 0 Å². The molecule has 0 spiro atoms. The van der Waals surface area contributed by atoms with Gasteiger partial charge in [0.05, 0.1) is 0 Å². The minimum atomic E-state index is -2.51. The minimum absolute atomic E-state index is 0.595. The van der Waals surface area contributed by atoms with Gasteiger partial charge in [-0.05, 0) is 26.5 Å². The Hall–Kier alpha value is -0.203. The monoisotopic (exact) mass is 222 g/mol. The Morgan fingerprint density at radius 2 is 1.29 bits per heavy atom. The number of aliphatic hydroxyl groups excluding tert-OH is 1. The number of hydrogen-bond donors (Lipinski definition) is 1. The van der Waals surface area contributed by atoms with Crippen molar-refractivity contribution in [1.82, 2.24) is 0 Å². The van der Waals surface area contributed by atoms with E-state index >= 15 is 0 Å². The molecule has 14 heavy (non-hydrogen) atoms. The zero-order valence-electron chi connectivity index (χ0n) is 9.58. The molecule has 0 aromatic heterocycles. The molecule has 0 unspecified atom stereocenters. The molecule has 0 aliphatic rings. The van der Waals surface area contributed by atoms with E-state index in [1.807, 2.05) is 20.8 Å². The van der Waals surface area contributed by atoms with Crippen LogP contribution < -0.4 is 0 Å². The van der Waals surface area contributed by atoms with Crippen molar-refractivity contribution in [3.63, 3.8) is 0 Å². The van der Waals surface area contributed by atoms with E-state index < -0.39 is 8.80 Å². The fourth-order valence-corrected chi connectivity index (χ4v) is 2.72. The summed E-state index contributed by atoms with van der Waals surface area (Å²) in [6.07, 6.45) is 0. The third-order valence-corrected chi connectivity index (χ3v) is 3.86. The molecule has 0 aromatic rings. The van der Waals surface area contributed by atoms with Crippen molar-refractivity contribution in [2.45, 2.75) is 20.8 Å². The predicted molar refractivity (Wildman–Crippen MR) is 59.0 cm³/mol. The predicted octanol–water partition coefficient (Wildman–Crippen LogP) is 1.37. The lowest BCUT2D eigenvalue weighted by molar-refractivity contribution is 0.0844. The van der Waals surface area contributed by atoms with E-state index in [0.29, 0.717) is 19.8 Å². The third kappa shape index (κ3) is 6.28. The first-order chi connectivity index (χ1) is 6.74. The Kier molecular flexibility index (Phi) is 12.6. The van der Waals surface area contributed by atoms with Crippen molar-refractivity contribution in [2.24, 2.45) is 0 Å². The second-order valence-electron chi connectivity index (χ2n) is 2.11. The van der Waals surface area contributed by atoms with Gasteiger partial charge >= 0.3 is 8.80 Å². The maximum atomic E-state index is 7.00. The van der Waals surface area contributed by atoms with Gasteiger partial charge < -0.3 is 18.4 Å². The van der Waals surface area contributed by atoms with Crippen LogP contribution in [0.1, 0.15) is 20.8 Å². The standard InChI is InChI=1S/C8H18O3Si.CH4O/c1-5-9-12(8-4,10-6-2)11-7-3;1-2/h8H,4-7H2,1-3H3;2H,1H3. The highest BCUT2D eigenvalue weighted by molar-refractivity contribution is 6.66. The normalized spacial score (nSPS) is 10.4. The topological polar surface area (TPSA) is 47.9 Å². The second kappa shape index (κ2) is 10.9. The molecule has 1 N–H and O–H groups in total. The minimum Gasteiger partial charge on any atom is -0.400 e. The summed E-state index contributed by atoms with van der Waals surface area (Å²) in [7, 11) is -1.51. The van der Waals surface area contributed by atoms with Crippen molar-refractivity contribution in [2.75, 3.05) is 26.9 Å². The van der Waals surface area contributed by atoms with E-state index in [9.17, 15) is 0 Å². The van der Waals surface area contributed by atoms with Gasteiger partial charge in [0.1, 0.15) is 0 Å². The maximum Gasteiger partial charge on any atom is 0.528 e. The molecule has 0 fully saturated rings. The van der Waals surface area contributed by atoms with Crippen LogP contribution in [0.5, 0.6) is 0 Å². The van der Waals surface area contributed by atoms with Crippen LogP contribution in [0.2, 0.25) is 0 Å². The Morgan fingerprint density at radius 1 is 1.00 bits per heavy atom. The molecular weight excluding hydrogens is 200 g/mol. The van der Waals surface area contributed by atoms with Gasteiger partial charge in [-0.15, -0.1) is 0 Å². The third-order valence-electron chi connectivity index (χ3n) is 1.29. The van der Waals surface area contributed by atoms with Crippen LogP contribution in [0.25, 0.3) is 0 Å². The summed E-state index contributed by atoms with van der Waals surface area (Å²) < 4.78 is 16.3. The van der Waals surface area contributed by atoms with Crippen molar-refractivity contribution < 1.29 is 18.4 Å². The first-order valence-electron chi connectivity index (χ1n) is 4.74. The Morgan fingerprint density at radius 3 is 1.43 bits per heavy atom. The fraction of sp³-hybridized carbons (Fsp3) is 0.778. The Labute approximate surface area is 87.9 Å². The smallest absolute Gasteiger partial charge is 0.400 e. The lowest BCUT2D eigenvalue weighted by Gasteiger charge is -2.24. The Balaban J connectivity index is 0. The summed E-state index contributed by atoms with van der Waals surface area (Å²) in [6.45, 7) is 11.2. The number of hydrogen-bond acceptors (Lipinski definition) is 4. The van der Waals surface area contributed by atoms with E-state index in [4.69, 9.17) is 18.4 Å². The second-order valence-corrected chi connectivity index (χ2v) is 4.59. The summed E-state index contributed by atoms with van der Waals surface area (Å²) in [5, 5.41) is 7.00. The van der Waals surface area contributed by atoms with Gasteiger partial charge in [0.2, 0.25) is 0 Å². The summed E-state index contributed by atoms with van der Waals surface area (Å²) in [5.41, 5.74) is 1.67. The van der Waals surface area contributed by atoms with Crippen LogP contribution in [0.4, 0.5) is 0 Å².